The molecule has 0 aromatic carbocycles. The molecule has 0 bridgehead atoms. The number of pyridine rings is 2. The second kappa shape index (κ2) is 8.82. The van der Waals surface area contributed by atoms with Crippen LogP contribution >= 0.6 is 0 Å². The number of halogens is 5. The Morgan fingerprint density at radius 1 is 1.31 bits per heavy atom. The number of aryl methyl sites for hydroxylation is 1. The zero-order chi connectivity index (χ0) is 25.5. The van der Waals surface area contributed by atoms with Gasteiger partial charge in [-0.15, -0.1) is 0 Å². The van der Waals surface area contributed by atoms with Crippen molar-refractivity contribution in [1.29, 1.82) is 0 Å². The summed E-state index contributed by atoms with van der Waals surface area (Å²) in [7, 11) is 2.35. The molecule has 0 spiro atoms. The first-order valence-corrected chi connectivity index (χ1v) is 10.6. The Kier molecular flexibility index (Phi) is 6.15. The SMILES string of the molecule is CN(C(=O)CNc1cc(C(F)(F)F)cn(C)c1=O)C1CCN(c2cnc3[nH]ncc3c2)CC1(F)F. The van der Waals surface area contributed by atoms with Gasteiger partial charge in [0.25, 0.3) is 11.5 Å². The fraction of sp³-hybridized carbons (Fsp3) is 0.429. The predicted molar refractivity (Wildman–Crippen MR) is 117 cm³/mol. The molecule has 4 heterocycles. The Morgan fingerprint density at radius 2 is 2.06 bits per heavy atom. The third-order valence-electron chi connectivity index (χ3n) is 6.01. The second-order valence-electron chi connectivity index (χ2n) is 8.40. The number of rotatable bonds is 5. The molecule has 1 unspecified atom stereocenters. The number of nitrogens with zero attached hydrogens (tertiary/aromatic N) is 5. The summed E-state index contributed by atoms with van der Waals surface area (Å²) in [4.78, 5) is 31.3. The zero-order valence-electron chi connectivity index (χ0n) is 18.7. The Balaban J connectivity index is 1.43. The number of hydrogen-bond acceptors (Lipinski definition) is 6. The molecule has 2 N–H and O–H groups in total. The van der Waals surface area contributed by atoms with Crippen molar-refractivity contribution in [3.63, 3.8) is 0 Å². The Morgan fingerprint density at radius 3 is 2.74 bits per heavy atom. The van der Waals surface area contributed by atoms with Crippen LogP contribution in [0.1, 0.15) is 12.0 Å². The topological polar surface area (TPSA) is 99.1 Å². The van der Waals surface area contributed by atoms with Crippen LogP contribution < -0.4 is 15.8 Å². The van der Waals surface area contributed by atoms with E-state index in [-0.39, 0.29) is 13.0 Å². The molecule has 1 amide bonds. The minimum absolute atomic E-state index is 0.0516. The lowest BCUT2D eigenvalue weighted by Crippen LogP contribution is -2.59. The van der Waals surface area contributed by atoms with Gasteiger partial charge >= 0.3 is 6.18 Å². The normalized spacial score (nSPS) is 18.0. The first-order chi connectivity index (χ1) is 16.4. The van der Waals surface area contributed by atoms with E-state index in [9.17, 15) is 22.8 Å². The summed E-state index contributed by atoms with van der Waals surface area (Å²) in [5.74, 6) is -4.07. The van der Waals surface area contributed by atoms with Gasteiger partial charge in [-0.25, -0.2) is 13.8 Å². The number of H-pyrrole nitrogens is 1. The number of carbonyl (C=O) groups is 1. The molecule has 1 aliphatic rings. The van der Waals surface area contributed by atoms with Crippen LogP contribution in [0.25, 0.3) is 11.0 Å². The number of likely N-dealkylation sites (N-methyl/N-ethyl adjacent to an activating group) is 1. The number of piperidine rings is 1. The van der Waals surface area contributed by atoms with Crippen LogP contribution in [-0.4, -0.2) is 69.2 Å². The average Bonchev–Trinajstić information content (AvgIpc) is 3.25. The quantitative estimate of drug-likeness (QED) is 0.524. The molecule has 1 fully saturated rings. The molecule has 14 heteroatoms. The molecular weight excluding hydrogens is 477 g/mol. The maximum atomic E-state index is 15.1. The molecule has 1 atom stereocenters. The van der Waals surface area contributed by atoms with Crippen molar-refractivity contribution in [2.75, 3.05) is 36.9 Å². The predicted octanol–water partition coefficient (Wildman–Crippen LogP) is 2.46. The van der Waals surface area contributed by atoms with Gasteiger partial charge in [0.05, 0.1) is 42.8 Å². The highest BCUT2D eigenvalue weighted by Crippen LogP contribution is 2.34. The van der Waals surface area contributed by atoms with Gasteiger partial charge in [-0.3, -0.25) is 14.7 Å². The van der Waals surface area contributed by atoms with E-state index >= 15 is 8.78 Å². The number of anilines is 2. The summed E-state index contributed by atoms with van der Waals surface area (Å²) in [6, 6.07) is 0.854. The number of fused-ring (bicyclic) bond motifs is 1. The van der Waals surface area contributed by atoms with Crippen molar-refractivity contribution < 1.29 is 26.7 Å². The number of aromatic amines is 1. The summed E-state index contributed by atoms with van der Waals surface area (Å²) in [5, 5.41) is 9.58. The number of alkyl halides is 5. The van der Waals surface area contributed by atoms with Crippen molar-refractivity contribution >= 4 is 28.3 Å². The van der Waals surface area contributed by atoms with Gasteiger partial charge in [0.2, 0.25) is 5.91 Å². The van der Waals surface area contributed by atoms with E-state index in [2.05, 4.69) is 20.5 Å². The molecule has 0 saturated carbocycles. The standard InChI is InChI=1S/C21H22F5N7O2/c1-31-10-13(21(24,25)26)6-15(19(31)35)27-9-17(34)32(2)16-3-4-33(11-20(16,22)23)14-5-12-7-29-30-18(12)28-8-14/h5-8,10,16,27H,3-4,9,11H2,1-2H3,(H,28,29,30). The highest BCUT2D eigenvalue weighted by molar-refractivity contribution is 5.81. The minimum Gasteiger partial charge on any atom is -0.372 e. The van der Waals surface area contributed by atoms with E-state index < -0.39 is 53.9 Å². The van der Waals surface area contributed by atoms with E-state index in [0.717, 1.165) is 16.5 Å². The average molecular weight is 499 g/mol. The van der Waals surface area contributed by atoms with Crippen LogP contribution in [-0.2, 0) is 18.0 Å². The second-order valence-corrected chi connectivity index (χ2v) is 8.40. The number of aromatic nitrogens is 4. The van der Waals surface area contributed by atoms with Gasteiger partial charge in [0, 0.05) is 32.2 Å². The largest absolute Gasteiger partial charge is 0.417 e. The van der Waals surface area contributed by atoms with Crippen LogP contribution in [0.5, 0.6) is 0 Å². The van der Waals surface area contributed by atoms with Gasteiger partial charge in [-0.05, 0) is 18.6 Å². The van der Waals surface area contributed by atoms with Crippen LogP contribution in [0.4, 0.5) is 33.3 Å². The van der Waals surface area contributed by atoms with Gasteiger partial charge in [0.15, 0.2) is 5.65 Å². The third-order valence-corrected chi connectivity index (χ3v) is 6.01. The summed E-state index contributed by atoms with van der Waals surface area (Å²) in [6.45, 7) is -1.04. The molecule has 0 aliphatic carbocycles. The summed E-state index contributed by atoms with van der Waals surface area (Å²) in [6.07, 6.45) is -1.12. The van der Waals surface area contributed by atoms with Gasteiger partial charge in [0.1, 0.15) is 5.69 Å². The molecule has 4 rings (SSSR count). The van der Waals surface area contributed by atoms with Crippen molar-refractivity contribution in [3.8, 4) is 0 Å². The minimum atomic E-state index is -4.70. The lowest BCUT2D eigenvalue weighted by atomic mass is 9.98. The molecule has 3 aromatic heterocycles. The highest BCUT2D eigenvalue weighted by Gasteiger charge is 2.48. The fourth-order valence-electron chi connectivity index (χ4n) is 4.09. The number of carbonyl (C=O) groups excluding carboxylic acids is 1. The summed E-state index contributed by atoms with van der Waals surface area (Å²) < 4.78 is 70.0. The Bertz CT molecular complexity index is 1300. The van der Waals surface area contributed by atoms with Crippen molar-refractivity contribution in [1.82, 2.24) is 24.6 Å². The van der Waals surface area contributed by atoms with Crippen molar-refractivity contribution in [2.45, 2.75) is 24.6 Å². The Hall–Kier alpha value is -3.71. The fourth-order valence-corrected chi connectivity index (χ4v) is 4.09. The lowest BCUT2D eigenvalue weighted by molar-refractivity contribution is -0.142. The maximum Gasteiger partial charge on any atom is 0.417 e. The number of nitrogens with one attached hydrogen (secondary N) is 2. The van der Waals surface area contributed by atoms with Gasteiger partial charge in [-0.1, -0.05) is 0 Å². The van der Waals surface area contributed by atoms with Crippen LogP contribution in [0, 0.1) is 0 Å². The van der Waals surface area contributed by atoms with Crippen LogP contribution in [0.3, 0.4) is 0 Å². The molecule has 1 saturated heterocycles. The van der Waals surface area contributed by atoms with E-state index in [0.29, 0.717) is 29.0 Å². The first kappa shape index (κ1) is 24.4. The molecule has 9 nitrogen and oxygen atoms in total. The molecule has 35 heavy (non-hydrogen) atoms. The third kappa shape index (κ3) is 4.91. The van der Waals surface area contributed by atoms with Crippen molar-refractivity contribution in [2.24, 2.45) is 7.05 Å². The molecule has 188 valence electrons. The monoisotopic (exact) mass is 499 g/mol. The van der Waals surface area contributed by atoms with Crippen LogP contribution in [0.15, 0.2) is 35.5 Å². The van der Waals surface area contributed by atoms with Gasteiger partial charge in [-0.2, -0.15) is 18.3 Å². The zero-order valence-corrected chi connectivity index (χ0v) is 18.7. The number of amides is 1. The molecule has 1 aliphatic heterocycles. The highest BCUT2D eigenvalue weighted by atomic mass is 19.4. The number of hydrogen-bond donors (Lipinski definition) is 2. The Labute approximate surface area is 195 Å². The molecule has 3 aromatic rings. The van der Waals surface area contributed by atoms with E-state index in [1.165, 1.54) is 24.3 Å². The molecular formula is C21H22F5N7O2. The van der Waals surface area contributed by atoms with E-state index in [1.807, 2.05) is 0 Å². The van der Waals surface area contributed by atoms with E-state index in [1.54, 1.807) is 6.07 Å². The molecule has 0 radical (unpaired) electrons. The maximum absolute atomic E-state index is 15.1. The summed E-state index contributed by atoms with van der Waals surface area (Å²) in [5.41, 5.74) is -1.29. The van der Waals surface area contributed by atoms with Crippen molar-refractivity contribution in [3.05, 3.63) is 46.6 Å². The smallest absolute Gasteiger partial charge is 0.372 e. The van der Waals surface area contributed by atoms with Gasteiger partial charge < -0.3 is 19.7 Å². The first-order valence-electron chi connectivity index (χ1n) is 10.6. The van der Waals surface area contributed by atoms with Crippen LogP contribution in [0.2, 0.25) is 0 Å². The van der Waals surface area contributed by atoms with E-state index in [4.69, 9.17) is 0 Å². The summed E-state index contributed by atoms with van der Waals surface area (Å²) >= 11 is 0. The lowest BCUT2D eigenvalue weighted by Gasteiger charge is -2.43.